The molecule has 104 valence electrons. The largest absolute Gasteiger partial charge is 0.374 e. The molecule has 1 aromatic carbocycles. The topological polar surface area (TPSA) is 32.3 Å². The predicted molar refractivity (Wildman–Crippen MR) is 65.2 cm³/mol. The summed E-state index contributed by atoms with van der Waals surface area (Å²) < 4.78 is 39.1. The van der Waals surface area contributed by atoms with Gasteiger partial charge in [0.15, 0.2) is 17.5 Å². The molecule has 19 heavy (non-hydrogen) atoms. The average molecular weight is 272 g/mol. The molecular formula is C13H15F3N2O. The van der Waals surface area contributed by atoms with E-state index in [-0.39, 0.29) is 18.1 Å². The summed E-state index contributed by atoms with van der Waals surface area (Å²) in [5.74, 6) is -4.24. The first-order valence-electron chi connectivity index (χ1n) is 6.24. The molecule has 1 aliphatic heterocycles. The fourth-order valence-electron chi connectivity index (χ4n) is 2.09. The first-order chi connectivity index (χ1) is 9.09. The van der Waals surface area contributed by atoms with Crippen LogP contribution in [0, 0.1) is 17.5 Å². The minimum absolute atomic E-state index is 0.123. The molecule has 0 aliphatic carbocycles. The normalized spacial score (nSPS) is 15.4. The van der Waals surface area contributed by atoms with Crippen LogP contribution in [0.25, 0.3) is 0 Å². The zero-order chi connectivity index (χ0) is 13.8. The SMILES string of the molecule is O=C(CNc1ccc(F)c(F)c1F)N1CCCCC1. The summed E-state index contributed by atoms with van der Waals surface area (Å²) in [6.07, 6.45) is 3.03. The molecule has 0 spiro atoms. The molecule has 0 radical (unpaired) electrons. The minimum atomic E-state index is -1.53. The van der Waals surface area contributed by atoms with E-state index in [9.17, 15) is 18.0 Å². The second-order valence-corrected chi connectivity index (χ2v) is 4.52. The minimum Gasteiger partial charge on any atom is -0.374 e. The number of nitrogens with one attached hydrogen (secondary N) is 1. The van der Waals surface area contributed by atoms with Crippen LogP contribution in [0.1, 0.15) is 19.3 Å². The van der Waals surface area contributed by atoms with Gasteiger partial charge in [0.05, 0.1) is 12.2 Å². The van der Waals surface area contributed by atoms with Crippen molar-refractivity contribution in [1.29, 1.82) is 0 Å². The van der Waals surface area contributed by atoms with Crippen LogP contribution in [0.15, 0.2) is 12.1 Å². The van der Waals surface area contributed by atoms with Crippen molar-refractivity contribution in [2.75, 3.05) is 25.0 Å². The molecule has 2 rings (SSSR count). The van der Waals surface area contributed by atoms with Crippen molar-refractivity contribution in [1.82, 2.24) is 4.90 Å². The summed E-state index contributed by atoms with van der Waals surface area (Å²) in [6.45, 7) is 1.27. The van der Waals surface area contributed by atoms with Gasteiger partial charge in [-0.3, -0.25) is 4.79 Å². The third kappa shape index (κ3) is 3.19. The summed E-state index contributed by atoms with van der Waals surface area (Å²) in [5, 5.41) is 2.51. The molecule has 1 amide bonds. The highest BCUT2D eigenvalue weighted by Gasteiger charge is 2.18. The van der Waals surface area contributed by atoms with Gasteiger partial charge < -0.3 is 10.2 Å². The van der Waals surface area contributed by atoms with Crippen molar-refractivity contribution >= 4 is 11.6 Å². The molecule has 1 heterocycles. The van der Waals surface area contributed by atoms with Crippen molar-refractivity contribution in [3.63, 3.8) is 0 Å². The Morgan fingerprint density at radius 3 is 2.47 bits per heavy atom. The number of hydrogen-bond acceptors (Lipinski definition) is 2. The lowest BCUT2D eigenvalue weighted by Gasteiger charge is -2.26. The van der Waals surface area contributed by atoms with Crippen LogP contribution < -0.4 is 5.32 Å². The summed E-state index contributed by atoms with van der Waals surface area (Å²) in [7, 11) is 0. The van der Waals surface area contributed by atoms with Crippen LogP contribution in [-0.2, 0) is 4.79 Å². The molecule has 0 saturated carbocycles. The van der Waals surface area contributed by atoms with E-state index in [1.54, 1.807) is 4.90 Å². The third-order valence-corrected chi connectivity index (χ3v) is 3.17. The fourth-order valence-corrected chi connectivity index (χ4v) is 2.09. The highest BCUT2D eigenvalue weighted by atomic mass is 19.2. The Kier molecular flexibility index (Phi) is 4.29. The summed E-state index contributed by atoms with van der Waals surface area (Å²) in [6, 6.07) is 1.91. The molecule has 1 N–H and O–H groups in total. The lowest BCUT2D eigenvalue weighted by molar-refractivity contribution is -0.130. The van der Waals surface area contributed by atoms with Crippen molar-refractivity contribution in [3.05, 3.63) is 29.6 Å². The number of anilines is 1. The lowest BCUT2D eigenvalue weighted by atomic mass is 10.1. The molecule has 0 atom stereocenters. The predicted octanol–water partition coefficient (Wildman–Crippen LogP) is 2.53. The van der Waals surface area contributed by atoms with Gasteiger partial charge in [-0.05, 0) is 31.4 Å². The van der Waals surface area contributed by atoms with E-state index in [1.165, 1.54) is 0 Å². The van der Waals surface area contributed by atoms with Gasteiger partial charge in [-0.2, -0.15) is 0 Å². The molecule has 0 unspecified atom stereocenters. The molecule has 1 aliphatic rings. The maximum Gasteiger partial charge on any atom is 0.241 e. The van der Waals surface area contributed by atoms with Gasteiger partial charge in [0, 0.05) is 13.1 Å². The Labute approximate surface area is 109 Å². The molecule has 1 aromatic rings. The Morgan fingerprint density at radius 1 is 1.11 bits per heavy atom. The lowest BCUT2D eigenvalue weighted by Crippen LogP contribution is -2.39. The summed E-state index contributed by atoms with van der Waals surface area (Å²) in [4.78, 5) is 13.5. The van der Waals surface area contributed by atoms with E-state index < -0.39 is 17.5 Å². The average Bonchev–Trinajstić information content (AvgIpc) is 2.45. The van der Waals surface area contributed by atoms with Gasteiger partial charge in [0.1, 0.15) is 0 Å². The van der Waals surface area contributed by atoms with Crippen LogP contribution in [0.2, 0.25) is 0 Å². The van der Waals surface area contributed by atoms with Crippen molar-refractivity contribution in [3.8, 4) is 0 Å². The van der Waals surface area contributed by atoms with E-state index in [4.69, 9.17) is 0 Å². The molecule has 1 fully saturated rings. The van der Waals surface area contributed by atoms with E-state index in [0.29, 0.717) is 13.1 Å². The zero-order valence-electron chi connectivity index (χ0n) is 10.4. The number of halogens is 3. The number of piperidine rings is 1. The zero-order valence-corrected chi connectivity index (χ0v) is 10.4. The van der Waals surface area contributed by atoms with Gasteiger partial charge in [0.25, 0.3) is 0 Å². The first-order valence-corrected chi connectivity index (χ1v) is 6.24. The Bertz CT molecular complexity index is 473. The van der Waals surface area contributed by atoms with Crippen LogP contribution in [0.5, 0.6) is 0 Å². The maximum absolute atomic E-state index is 13.4. The number of rotatable bonds is 3. The number of nitrogens with zero attached hydrogens (tertiary/aromatic N) is 1. The van der Waals surface area contributed by atoms with E-state index in [0.717, 1.165) is 31.4 Å². The van der Waals surface area contributed by atoms with Crippen molar-refractivity contribution in [2.24, 2.45) is 0 Å². The monoisotopic (exact) mass is 272 g/mol. The van der Waals surface area contributed by atoms with E-state index >= 15 is 0 Å². The molecule has 3 nitrogen and oxygen atoms in total. The number of amides is 1. The number of carbonyl (C=O) groups excluding carboxylic acids is 1. The summed E-state index contributed by atoms with van der Waals surface area (Å²) in [5.41, 5.74) is -0.204. The molecule has 6 heteroatoms. The van der Waals surface area contributed by atoms with E-state index in [2.05, 4.69) is 5.32 Å². The van der Waals surface area contributed by atoms with Crippen LogP contribution in [0.3, 0.4) is 0 Å². The van der Waals surface area contributed by atoms with Gasteiger partial charge in [-0.25, -0.2) is 13.2 Å². The highest BCUT2D eigenvalue weighted by Crippen LogP contribution is 2.19. The van der Waals surface area contributed by atoms with Crippen LogP contribution >= 0.6 is 0 Å². The number of benzene rings is 1. The smallest absolute Gasteiger partial charge is 0.241 e. The van der Waals surface area contributed by atoms with Gasteiger partial charge in [0.2, 0.25) is 5.91 Å². The second kappa shape index (κ2) is 5.95. The number of carbonyl (C=O) groups is 1. The van der Waals surface area contributed by atoms with Gasteiger partial charge in [-0.15, -0.1) is 0 Å². The molecule has 0 bridgehead atoms. The van der Waals surface area contributed by atoms with Crippen molar-refractivity contribution in [2.45, 2.75) is 19.3 Å². The van der Waals surface area contributed by atoms with Crippen LogP contribution in [-0.4, -0.2) is 30.4 Å². The number of likely N-dealkylation sites (tertiary alicyclic amines) is 1. The first kappa shape index (κ1) is 13.7. The quantitative estimate of drug-likeness (QED) is 0.858. The standard InChI is InChI=1S/C13H15F3N2O/c14-9-4-5-10(13(16)12(9)15)17-8-11(19)18-6-2-1-3-7-18/h4-5,17H,1-3,6-8H2. The molecule has 0 aromatic heterocycles. The second-order valence-electron chi connectivity index (χ2n) is 4.52. The Morgan fingerprint density at radius 2 is 1.79 bits per heavy atom. The maximum atomic E-state index is 13.4. The van der Waals surface area contributed by atoms with Gasteiger partial charge >= 0.3 is 0 Å². The highest BCUT2D eigenvalue weighted by molar-refractivity contribution is 5.81. The molecular weight excluding hydrogens is 257 g/mol. The Hall–Kier alpha value is -1.72. The summed E-state index contributed by atoms with van der Waals surface area (Å²) >= 11 is 0. The fraction of sp³-hybridized carbons (Fsp3) is 0.462. The van der Waals surface area contributed by atoms with Crippen molar-refractivity contribution < 1.29 is 18.0 Å². The third-order valence-electron chi connectivity index (χ3n) is 3.17. The van der Waals surface area contributed by atoms with Crippen LogP contribution in [0.4, 0.5) is 18.9 Å². The van der Waals surface area contributed by atoms with Gasteiger partial charge in [-0.1, -0.05) is 0 Å². The number of hydrogen-bond donors (Lipinski definition) is 1. The Balaban J connectivity index is 1.95. The molecule has 1 saturated heterocycles. The van der Waals surface area contributed by atoms with E-state index in [1.807, 2.05) is 0 Å².